The van der Waals surface area contributed by atoms with Crippen LogP contribution >= 0.6 is 15.9 Å². The molecule has 7 heteroatoms. The van der Waals surface area contributed by atoms with Crippen LogP contribution < -0.4 is 15.7 Å². The molecule has 0 saturated carbocycles. The normalized spacial score (nSPS) is 11.2. The number of aromatic nitrogens is 2. The second-order valence-electron chi connectivity index (χ2n) is 7.29. The van der Waals surface area contributed by atoms with Crippen LogP contribution in [-0.4, -0.2) is 16.7 Å². The van der Waals surface area contributed by atoms with Crippen molar-refractivity contribution in [2.45, 2.75) is 6.54 Å². The van der Waals surface area contributed by atoms with Crippen LogP contribution in [0.2, 0.25) is 0 Å². The molecule has 2 heterocycles. The third kappa shape index (κ3) is 3.50. The number of rotatable bonds is 4. The highest BCUT2D eigenvalue weighted by Gasteiger charge is 2.19. The van der Waals surface area contributed by atoms with Gasteiger partial charge in [0.15, 0.2) is 5.39 Å². The fourth-order valence-corrected chi connectivity index (χ4v) is 4.09. The number of nitrogens with zero attached hydrogens (tertiary/aromatic N) is 2. The predicted octanol–water partition coefficient (Wildman–Crippen LogP) is 4.99. The highest BCUT2D eigenvalue weighted by Crippen LogP contribution is 2.24. The molecule has 5 aromatic rings. The number of ether oxygens (including phenoxy) is 1. The van der Waals surface area contributed by atoms with Crippen molar-refractivity contribution in [1.82, 2.24) is 9.55 Å². The lowest BCUT2D eigenvalue weighted by Crippen LogP contribution is -2.28. The van der Waals surface area contributed by atoms with E-state index in [2.05, 4.69) is 20.9 Å². The molecular weight excluding hydrogens is 472 g/mol. The lowest BCUT2D eigenvalue weighted by molar-refractivity contribution is 0.414. The quantitative estimate of drug-likeness (QED) is 0.333. The van der Waals surface area contributed by atoms with Crippen LogP contribution in [0.1, 0.15) is 5.56 Å². The van der Waals surface area contributed by atoms with Crippen LogP contribution in [0.5, 0.6) is 5.75 Å². The Labute approximate surface area is 190 Å². The van der Waals surface area contributed by atoms with Crippen molar-refractivity contribution in [2.24, 2.45) is 0 Å². The zero-order chi connectivity index (χ0) is 22.2. The van der Waals surface area contributed by atoms with Crippen LogP contribution in [0.25, 0.3) is 33.5 Å². The van der Waals surface area contributed by atoms with Gasteiger partial charge in [-0.2, -0.15) is 4.98 Å². The number of hydrogen-bond donors (Lipinski definition) is 0. The van der Waals surface area contributed by atoms with Crippen LogP contribution in [0, 0.1) is 0 Å². The van der Waals surface area contributed by atoms with E-state index in [9.17, 15) is 9.59 Å². The minimum atomic E-state index is -0.444. The van der Waals surface area contributed by atoms with Crippen molar-refractivity contribution in [3.05, 3.63) is 103 Å². The number of halogens is 1. The Balaban J connectivity index is 1.82. The minimum Gasteiger partial charge on any atom is -0.497 e. The van der Waals surface area contributed by atoms with Crippen LogP contribution in [-0.2, 0) is 6.54 Å². The zero-order valence-electron chi connectivity index (χ0n) is 17.0. The van der Waals surface area contributed by atoms with Gasteiger partial charge in [0.05, 0.1) is 19.0 Å². The van der Waals surface area contributed by atoms with E-state index in [-0.39, 0.29) is 23.1 Å². The molecule has 158 valence electrons. The van der Waals surface area contributed by atoms with Gasteiger partial charge >= 0.3 is 0 Å². The van der Waals surface area contributed by atoms with E-state index in [0.29, 0.717) is 16.8 Å². The molecule has 0 aliphatic rings. The average molecular weight is 489 g/mol. The van der Waals surface area contributed by atoms with Gasteiger partial charge in [-0.3, -0.25) is 14.2 Å². The Morgan fingerprint density at radius 3 is 2.53 bits per heavy atom. The molecule has 0 bridgehead atoms. The highest BCUT2D eigenvalue weighted by atomic mass is 79.9. The SMILES string of the molecule is COc1ccc(Cn2c(-c3cccc(Br)c3)nc3oc4ccccc4c(=O)c3c2=O)cc1. The Hall–Kier alpha value is -3.71. The third-order valence-corrected chi connectivity index (χ3v) is 5.78. The van der Waals surface area contributed by atoms with Gasteiger partial charge in [-0.25, -0.2) is 0 Å². The molecular formula is C25H17BrN2O4. The zero-order valence-corrected chi connectivity index (χ0v) is 18.6. The second-order valence-corrected chi connectivity index (χ2v) is 8.21. The first-order valence-electron chi connectivity index (χ1n) is 9.90. The number of methoxy groups -OCH3 is 1. The van der Waals surface area contributed by atoms with Gasteiger partial charge in [0.2, 0.25) is 11.1 Å². The summed E-state index contributed by atoms with van der Waals surface area (Å²) in [7, 11) is 1.60. The molecule has 0 fully saturated rings. The molecule has 6 nitrogen and oxygen atoms in total. The molecule has 0 spiro atoms. The molecule has 0 amide bonds. The first-order chi connectivity index (χ1) is 15.5. The van der Waals surface area contributed by atoms with E-state index in [1.807, 2.05) is 48.5 Å². The third-order valence-electron chi connectivity index (χ3n) is 5.28. The van der Waals surface area contributed by atoms with E-state index in [1.54, 1.807) is 31.4 Å². The van der Waals surface area contributed by atoms with Crippen molar-refractivity contribution in [3.8, 4) is 17.1 Å². The van der Waals surface area contributed by atoms with E-state index in [0.717, 1.165) is 21.3 Å². The second kappa shape index (κ2) is 8.09. The fraction of sp³-hybridized carbons (Fsp3) is 0.0800. The molecule has 0 aliphatic carbocycles. The smallest absolute Gasteiger partial charge is 0.269 e. The molecule has 0 aliphatic heterocycles. The maximum atomic E-state index is 13.6. The largest absolute Gasteiger partial charge is 0.497 e. The van der Waals surface area contributed by atoms with E-state index in [1.165, 1.54) is 4.57 Å². The lowest BCUT2D eigenvalue weighted by atomic mass is 10.1. The lowest BCUT2D eigenvalue weighted by Gasteiger charge is -2.14. The summed E-state index contributed by atoms with van der Waals surface area (Å²) in [6.45, 7) is 0.236. The Kier molecular flexibility index (Phi) is 5.11. The minimum absolute atomic E-state index is 0.0275. The van der Waals surface area contributed by atoms with E-state index in [4.69, 9.17) is 9.15 Å². The van der Waals surface area contributed by atoms with Crippen LogP contribution in [0.3, 0.4) is 0 Å². The molecule has 0 atom stereocenters. The fourth-order valence-electron chi connectivity index (χ4n) is 3.69. The summed E-state index contributed by atoms with van der Waals surface area (Å²) < 4.78 is 13.5. The van der Waals surface area contributed by atoms with Crippen LogP contribution in [0.4, 0.5) is 0 Å². The molecule has 0 radical (unpaired) electrons. The van der Waals surface area contributed by atoms with Gasteiger partial charge in [0.1, 0.15) is 17.2 Å². The molecule has 3 aromatic carbocycles. The summed E-state index contributed by atoms with van der Waals surface area (Å²) in [4.78, 5) is 31.4. The average Bonchev–Trinajstić information content (AvgIpc) is 2.81. The monoisotopic (exact) mass is 488 g/mol. The van der Waals surface area contributed by atoms with Crippen molar-refractivity contribution < 1.29 is 9.15 Å². The van der Waals surface area contributed by atoms with Crippen LogP contribution in [0.15, 0.2) is 91.3 Å². The topological polar surface area (TPSA) is 74.3 Å². The summed E-state index contributed by atoms with van der Waals surface area (Å²) in [5.41, 5.74) is 1.19. The first kappa shape index (κ1) is 20.2. The Morgan fingerprint density at radius 1 is 1.00 bits per heavy atom. The molecule has 2 aromatic heterocycles. The number of fused-ring (bicyclic) bond motifs is 2. The van der Waals surface area contributed by atoms with Crippen molar-refractivity contribution in [3.63, 3.8) is 0 Å². The van der Waals surface area contributed by atoms with Crippen molar-refractivity contribution in [2.75, 3.05) is 7.11 Å². The Bertz CT molecular complexity index is 1590. The van der Waals surface area contributed by atoms with Gasteiger partial charge < -0.3 is 9.15 Å². The maximum Gasteiger partial charge on any atom is 0.269 e. The molecule has 0 N–H and O–H groups in total. The number of hydrogen-bond acceptors (Lipinski definition) is 5. The standard InChI is InChI=1S/C25H17BrN2O4/c1-31-18-11-9-15(10-12-18)14-28-23(16-5-4-6-17(26)13-16)27-24-21(25(28)30)22(29)19-7-2-3-8-20(19)32-24/h2-13H,14H2,1H3. The van der Waals surface area contributed by atoms with Gasteiger partial charge in [0, 0.05) is 10.0 Å². The van der Waals surface area contributed by atoms with Gasteiger partial charge in [0.25, 0.3) is 5.56 Å². The maximum absolute atomic E-state index is 13.6. The summed E-state index contributed by atoms with van der Waals surface area (Å²) in [6.07, 6.45) is 0. The highest BCUT2D eigenvalue weighted by molar-refractivity contribution is 9.10. The van der Waals surface area contributed by atoms with Crippen molar-refractivity contribution in [1.29, 1.82) is 0 Å². The summed E-state index contributed by atoms with van der Waals surface area (Å²) >= 11 is 3.48. The molecule has 0 unspecified atom stereocenters. The first-order valence-corrected chi connectivity index (χ1v) is 10.7. The summed E-state index contributed by atoms with van der Waals surface area (Å²) in [6, 6.07) is 21.8. The van der Waals surface area contributed by atoms with Gasteiger partial charge in [-0.1, -0.05) is 52.3 Å². The van der Waals surface area contributed by atoms with Gasteiger partial charge in [-0.05, 0) is 42.0 Å². The Morgan fingerprint density at radius 2 is 1.78 bits per heavy atom. The predicted molar refractivity (Wildman–Crippen MR) is 127 cm³/mol. The van der Waals surface area contributed by atoms with E-state index < -0.39 is 5.56 Å². The van der Waals surface area contributed by atoms with Crippen molar-refractivity contribution >= 4 is 38.0 Å². The molecule has 32 heavy (non-hydrogen) atoms. The summed E-state index contributed by atoms with van der Waals surface area (Å²) in [5.74, 6) is 1.13. The number of benzene rings is 3. The summed E-state index contributed by atoms with van der Waals surface area (Å²) in [5, 5.41) is 0.293. The van der Waals surface area contributed by atoms with Gasteiger partial charge in [-0.15, -0.1) is 0 Å². The molecule has 5 rings (SSSR count). The number of para-hydroxylation sites is 1. The molecule has 0 saturated heterocycles. The van der Waals surface area contributed by atoms with E-state index >= 15 is 0 Å².